The molecule has 4 heteroatoms. The molecule has 0 aliphatic rings. The molecule has 0 bridgehead atoms. The van der Waals surface area contributed by atoms with Gasteiger partial charge in [-0.1, -0.05) is 43.7 Å². The van der Waals surface area contributed by atoms with Crippen molar-refractivity contribution in [3.63, 3.8) is 0 Å². The Kier molecular flexibility index (Phi) is 9.90. The summed E-state index contributed by atoms with van der Waals surface area (Å²) in [6.07, 6.45) is 11.0. The number of halogens is 1. The number of aromatic nitrogens is 1. The fourth-order valence-corrected chi connectivity index (χ4v) is 2.91. The van der Waals surface area contributed by atoms with Gasteiger partial charge in [0.15, 0.2) is 0 Å². The summed E-state index contributed by atoms with van der Waals surface area (Å²) < 4.78 is 0. The predicted octanol–water partition coefficient (Wildman–Crippen LogP) is 5.49. The minimum atomic E-state index is 0.709. The molecule has 0 N–H and O–H groups in total. The molecular weight excluding hydrogens is 282 g/mol. The van der Waals surface area contributed by atoms with Gasteiger partial charge in [-0.2, -0.15) is 12.6 Å². The van der Waals surface area contributed by atoms with E-state index in [9.17, 15) is 0 Å². The van der Waals surface area contributed by atoms with Gasteiger partial charge in [-0.15, -0.1) is 11.8 Å². The molecule has 0 atom stereocenters. The van der Waals surface area contributed by atoms with E-state index < -0.39 is 0 Å². The van der Waals surface area contributed by atoms with E-state index in [2.05, 4.69) is 17.6 Å². The molecule has 18 heavy (non-hydrogen) atoms. The molecule has 1 rings (SSSR count). The highest BCUT2D eigenvalue weighted by Gasteiger charge is 1.96. The summed E-state index contributed by atoms with van der Waals surface area (Å²) in [6.45, 7) is 0. The number of thiol groups is 1. The lowest BCUT2D eigenvalue weighted by Gasteiger charge is -2.02. The minimum Gasteiger partial charge on any atom is -0.248 e. The number of rotatable bonds is 10. The lowest BCUT2D eigenvalue weighted by molar-refractivity contribution is 0.605. The third-order valence-electron chi connectivity index (χ3n) is 2.75. The molecule has 0 saturated carbocycles. The third kappa shape index (κ3) is 8.28. The van der Waals surface area contributed by atoms with E-state index in [1.165, 1.54) is 44.9 Å². The Labute approximate surface area is 126 Å². The molecule has 1 heterocycles. The van der Waals surface area contributed by atoms with Crippen molar-refractivity contribution in [2.24, 2.45) is 0 Å². The Morgan fingerprint density at radius 2 is 1.67 bits per heavy atom. The normalized spacial score (nSPS) is 10.8. The summed E-state index contributed by atoms with van der Waals surface area (Å²) >= 11 is 11.8. The maximum atomic E-state index is 5.79. The lowest BCUT2D eigenvalue weighted by Crippen LogP contribution is -1.85. The van der Waals surface area contributed by atoms with E-state index in [0.29, 0.717) is 5.02 Å². The number of unbranched alkanes of at least 4 members (excludes halogenated alkanes) is 6. The number of thioether (sulfide) groups is 1. The van der Waals surface area contributed by atoms with Crippen molar-refractivity contribution in [3.8, 4) is 0 Å². The topological polar surface area (TPSA) is 12.9 Å². The lowest BCUT2D eigenvalue weighted by atomic mass is 10.1. The summed E-state index contributed by atoms with van der Waals surface area (Å²) in [6, 6.07) is 3.89. The second-order valence-electron chi connectivity index (χ2n) is 4.36. The van der Waals surface area contributed by atoms with Crippen LogP contribution in [0.15, 0.2) is 23.4 Å². The zero-order chi connectivity index (χ0) is 13.1. The van der Waals surface area contributed by atoms with Crippen molar-refractivity contribution in [2.75, 3.05) is 11.5 Å². The molecule has 102 valence electrons. The van der Waals surface area contributed by atoms with Crippen LogP contribution in [0.5, 0.6) is 0 Å². The Morgan fingerprint density at radius 3 is 2.28 bits per heavy atom. The van der Waals surface area contributed by atoms with Gasteiger partial charge in [0.05, 0.1) is 10.0 Å². The molecule has 0 fully saturated rings. The molecule has 0 aromatic carbocycles. The van der Waals surface area contributed by atoms with Crippen molar-refractivity contribution < 1.29 is 0 Å². The highest BCUT2D eigenvalue weighted by atomic mass is 35.5. The number of hydrogen-bond donors (Lipinski definition) is 1. The first-order valence-electron chi connectivity index (χ1n) is 6.68. The van der Waals surface area contributed by atoms with Crippen molar-refractivity contribution in [3.05, 3.63) is 23.4 Å². The molecule has 0 spiro atoms. The molecule has 1 aromatic rings. The average Bonchev–Trinajstić information content (AvgIpc) is 2.39. The Morgan fingerprint density at radius 1 is 1.00 bits per heavy atom. The largest absolute Gasteiger partial charge is 0.248 e. The quantitative estimate of drug-likeness (QED) is 0.349. The maximum absolute atomic E-state index is 5.79. The minimum absolute atomic E-state index is 0.709. The van der Waals surface area contributed by atoms with Crippen molar-refractivity contribution in [1.82, 2.24) is 4.98 Å². The fourth-order valence-electron chi connectivity index (χ4n) is 1.72. The zero-order valence-electron chi connectivity index (χ0n) is 10.8. The van der Waals surface area contributed by atoms with Crippen LogP contribution in [-0.4, -0.2) is 16.5 Å². The van der Waals surface area contributed by atoms with Gasteiger partial charge >= 0.3 is 0 Å². The molecule has 0 unspecified atom stereocenters. The smallest absolute Gasteiger partial charge is 0.0960 e. The Bertz CT molecular complexity index is 303. The molecular formula is C14H22ClNS2. The van der Waals surface area contributed by atoms with Crippen LogP contribution in [0.1, 0.15) is 44.9 Å². The number of pyridine rings is 1. The first-order valence-corrected chi connectivity index (χ1v) is 8.68. The van der Waals surface area contributed by atoms with Gasteiger partial charge in [0.1, 0.15) is 0 Å². The van der Waals surface area contributed by atoms with Gasteiger partial charge < -0.3 is 0 Å². The number of nitrogens with zero attached hydrogens (tertiary/aromatic N) is 1. The molecule has 1 nitrogen and oxygen atoms in total. The Balaban J connectivity index is 1.91. The van der Waals surface area contributed by atoms with Gasteiger partial charge in [-0.25, -0.2) is 4.98 Å². The highest BCUT2D eigenvalue weighted by molar-refractivity contribution is 7.99. The highest BCUT2D eigenvalue weighted by Crippen LogP contribution is 2.19. The van der Waals surface area contributed by atoms with Crippen LogP contribution in [0.2, 0.25) is 5.02 Å². The van der Waals surface area contributed by atoms with E-state index >= 15 is 0 Å². The molecule has 0 radical (unpaired) electrons. The van der Waals surface area contributed by atoms with E-state index in [1.807, 2.05) is 23.9 Å². The van der Waals surface area contributed by atoms with Gasteiger partial charge in [-0.3, -0.25) is 0 Å². The monoisotopic (exact) mass is 303 g/mol. The van der Waals surface area contributed by atoms with Crippen LogP contribution in [-0.2, 0) is 0 Å². The molecule has 0 aliphatic carbocycles. The van der Waals surface area contributed by atoms with Crippen LogP contribution in [0.4, 0.5) is 0 Å². The number of hydrogen-bond acceptors (Lipinski definition) is 3. The van der Waals surface area contributed by atoms with Crippen LogP contribution in [0, 0.1) is 0 Å². The first kappa shape index (κ1) is 16.2. The SMILES string of the molecule is SCCCCCCCCCSc1ccc(Cl)cn1. The Hall–Kier alpha value is 0.140. The van der Waals surface area contributed by atoms with E-state index in [0.717, 1.165) is 16.5 Å². The standard InChI is InChI=1S/C14H22ClNS2/c15-13-8-9-14(16-12-13)18-11-7-5-3-1-2-4-6-10-17/h8-9,12,17H,1-7,10-11H2. The maximum Gasteiger partial charge on any atom is 0.0960 e. The van der Waals surface area contributed by atoms with Crippen LogP contribution < -0.4 is 0 Å². The van der Waals surface area contributed by atoms with E-state index in [1.54, 1.807) is 6.20 Å². The van der Waals surface area contributed by atoms with Gasteiger partial charge in [0.25, 0.3) is 0 Å². The summed E-state index contributed by atoms with van der Waals surface area (Å²) in [5.74, 6) is 2.19. The van der Waals surface area contributed by atoms with Crippen molar-refractivity contribution >= 4 is 36.0 Å². The van der Waals surface area contributed by atoms with Gasteiger partial charge in [0, 0.05) is 6.20 Å². The van der Waals surface area contributed by atoms with Gasteiger partial charge in [-0.05, 0) is 36.5 Å². The second kappa shape index (κ2) is 11.0. The van der Waals surface area contributed by atoms with Crippen LogP contribution >= 0.6 is 36.0 Å². The molecule has 0 saturated heterocycles. The summed E-state index contributed by atoms with van der Waals surface area (Å²) in [5, 5.41) is 1.79. The van der Waals surface area contributed by atoms with Crippen molar-refractivity contribution in [2.45, 2.75) is 50.0 Å². The zero-order valence-corrected chi connectivity index (χ0v) is 13.2. The summed E-state index contributed by atoms with van der Waals surface area (Å²) in [4.78, 5) is 4.27. The second-order valence-corrected chi connectivity index (χ2v) is 6.36. The average molecular weight is 304 g/mol. The molecule has 0 amide bonds. The fraction of sp³-hybridized carbons (Fsp3) is 0.643. The van der Waals surface area contributed by atoms with E-state index in [-0.39, 0.29) is 0 Å². The predicted molar refractivity (Wildman–Crippen MR) is 86.1 cm³/mol. The van der Waals surface area contributed by atoms with Gasteiger partial charge in [0.2, 0.25) is 0 Å². The third-order valence-corrected chi connectivity index (χ3v) is 4.32. The van der Waals surface area contributed by atoms with Crippen molar-refractivity contribution in [1.29, 1.82) is 0 Å². The first-order chi connectivity index (χ1) is 8.83. The molecule has 0 aliphatic heterocycles. The van der Waals surface area contributed by atoms with Crippen LogP contribution in [0.3, 0.4) is 0 Å². The summed E-state index contributed by atoms with van der Waals surface area (Å²) in [7, 11) is 0. The van der Waals surface area contributed by atoms with E-state index in [4.69, 9.17) is 11.6 Å². The summed E-state index contributed by atoms with van der Waals surface area (Å²) in [5.41, 5.74) is 0. The van der Waals surface area contributed by atoms with Crippen LogP contribution in [0.25, 0.3) is 0 Å². The molecule has 1 aromatic heterocycles.